The molecule has 26 heavy (non-hydrogen) atoms. The summed E-state index contributed by atoms with van der Waals surface area (Å²) in [6.07, 6.45) is -1.12. The molecule has 1 amide bonds. The van der Waals surface area contributed by atoms with Crippen LogP contribution in [-0.2, 0) is 17.9 Å². The largest absolute Gasteiger partial charge is 0.489 e. The summed E-state index contributed by atoms with van der Waals surface area (Å²) < 4.78 is 46.5. The van der Waals surface area contributed by atoms with Gasteiger partial charge in [0, 0.05) is 31.1 Å². The zero-order valence-corrected chi connectivity index (χ0v) is 14.0. The predicted molar refractivity (Wildman–Crippen MR) is 90.0 cm³/mol. The second-order valence-corrected chi connectivity index (χ2v) is 6.35. The number of amides is 1. The molecular formula is C19H19F3N2O2. The Balaban J connectivity index is 1.65. The van der Waals surface area contributed by atoms with Crippen molar-refractivity contribution in [2.75, 3.05) is 6.54 Å². The summed E-state index contributed by atoms with van der Waals surface area (Å²) in [7, 11) is 0. The average molecular weight is 364 g/mol. The summed E-state index contributed by atoms with van der Waals surface area (Å²) >= 11 is 0. The fraction of sp³-hybridized carbons (Fsp3) is 0.316. The minimum Gasteiger partial charge on any atom is -0.489 e. The number of halogens is 3. The van der Waals surface area contributed by atoms with E-state index in [2.05, 4.69) is 0 Å². The minimum absolute atomic E-state index is 0.0335. The maximum absolute atomic E-state index is 14.3. The lowest BCUT2D eigenvalue weighted by Gasteiger charge is -2.21. The quantitative estimate of drug-likeness (QED) is 0.858. The lowest BCUT2D eigenvalue weighted by Crippen LogP contribution is -2.39. The number of benzene rings is 2. The summed E-state index contributed by atoms with van der Waals surface area (Å²) in [6.45, 7) is 0.241. The van der Waals surface area contributed by atoms with Gasteiger partial charge in [-0.1, -0.05) is 18.2 Å². The van der Waals surface area contributed by atoms with E-state index in [0.29, 0.717) is 16.9 Å². The van der Waals surface area contributed by atoms with E-state index < -0.39 is 23.9 Å². The molecule has 7 heteroatoms. The van der Waals surface area contributed by atoms with Crippen LogP contribution in [0.25, 0.3) is 0 Å². The van der Waals surface area contributed by atoms with Crippen LogP contribution in [0.4, 0.5) is 13.2 Å². The highest BCUT2D eigenvalue weighted by Crippen LogP contribution is 2.25. The summed E-state index contributed by atoms with van der Waals surface area (Å²) in [6, 6.07) is 9.55. The molecule has 2 aromatic rings. The predicted octanol–water partition coefficient (Wildman–Crippen LogP) is 2.94. The van der Waals surface area contributed by atoms with Crippen LogP contribution in [0.1, 0.15) is 17.5 Å². The van der Waals surface area contributed by atoms with E-state index in [-0.39, 0.29) is 31.9 Å². The van der Waals surface area contributed by atoms with Gasteiger partial charge in [0.25, 0.3) is 0 Å². The number of nitrogens with zero attached hydrogens (tertiary/aromatic N) is 1. The molecule has 0 spiro atoms. The van der Waals surface area contributed by atoms with Crippen molar-refractivity contribution in [1.82, 2.24) is 4.90 Å². The summed E-state index contributed by atoms with van der Waals surface area (Å²) in [4.78, 5) is 12.9. The van der Waals surface area contributed by atoms with Crippen LogP contribution in [0.5, 0.6) is 5.75 Å². The van der Waals surface area contributed by atoms with Gasteiger partial charge in [0.1, 0.15) is 30.2 Å². The zero-order valence-electron chi connectivity index (χ0n) is 14.0. The molecule has 2 N–H and O–H groups in total. The molecule has 0 aliphatic carbocycles. The molecule has 3 rings (SSSR count). The van der Waals surface area contributed by atoms with E-state index in [1.165, 1.54) is 24.3 Å². The third-order valence-electron chi connectivity index (χ3n) is 4.37. The third-order valence-corrected chi connectivity index (χ3v) is 4.37. The Kier molecular flexibility index (Phi) is 5.46. The highest BCUT2D eigenvalue weighted by molar-refractivity contribution is 5.80. The lowest BCUT2D eigenvalue weighted by atomic mass is 10.1. The van der Waals surface area contributed by atoms with Crippen molar-refractivity contribution in [3.8, 4) is 5.75 Å². The number of hydrogen-bond acceptors (Lipinski definition) is 3. The van der Waals surface area contributed by atoms with Gasteiger partial charge in [0.2, 0.25) is 5.91 Å². The van der Waals surface area contributed by atoms with Gasteiger partial charge in [-0.3, -0.25) is 9.69 Å². The number of carbonyl (C=O) groups is 1. The standard InChI is InChI=1S/C19H19F3N2O2/c20-14-3-1-2-12(6-14)11-26-16-5-4-13(17(22)8-16)9-24-10-15(21)7-18(24)19(23)25/h1-6,8,15,18H,7,9-11H2,(H2,23,25)/t15-,18-/m0/s1. The second kappa shape index (κ2) is 7.78. The molecule has 0 radical (unpaired) electrons. The van der Waals surface area contributed by atoms with Gasteiger partial charge in [-0.15, -0.1) is 0 Å². The molecule has 4 nitrogen and oxygen atoms in total. The van der Waals surface area contributed by atoms with Gasteiger partial charge >= 0.3 is 0 Å². The van der Waals surface area contributed by atoms with E-state index in [4.69, 9.17) is 10.5 Å². The highest BCUT2D eigenvalue weighted by Gasteiger charge is 2.35. The number of alkyl halides is 1. The first kappa shape index (κ1) is 18.3. The van der Waals surface area contributed by atoms with E-state index in [1.54, 1.807) is 23.1 Å². The van der Waals surface area contributed by atoms with Crippen LogP contribution in [0, 0.1) is 11.6 Å². The van der Waals surface area contributed by atoms with Crippen molar-refractivity contribution < 1.29 is 22.7 Å². The Morgan fingerprint density at radius 1 is 1.23 bits per heavy atom. The number of likely N-dealkylation sites (tertiary alicyclic amines) is 1. The molecule has 2 aromatic carbocycles. The number of primary amides is 1. The molecule has 0 saturated carbocycles. The Labute approximate surface area is 149 Å². The van der Waals surface area contributed by atoms with Gasteiger partial charge in [-0.05, 0) is 23.8 Å². The Morgan fingerprint density at radius 2 is 2.04 bits per heavy atom. The number of hydrogen-bond donors (Lipinski definition) is 1. The zero-order chi connectivity index (χ0) is 18.7. The molecule has 1 fully saturated rings. The Bertz CT molecular complexity index is 800. The normalized spacial score (nSPS) is 20.3. The van der Waals surface area contributed by atoms with E-state index in [1.807, 2.05) is 0 Å². The number of ether oxygens (including phenoxy) is 1. The Hall–Kier alpha value is -2.54. The van der Waals surface area contributed by atoms with Crippen molar-refractivity contribution in [2.45, 2.75) is 31.8 Å². The second-order valence-electron chi connectivity index (χ2n) is 6.35. The monoisotopic (exact) mass is 364 g/mol. The summed E-state index contributed by atoms with van der Waals surface area (Å²) in [5.74, 6) is -1.20. The van der Waals surface area contributed by atoms with Gasteiger partial charge in [0.15, 0.2) is 0 Å². The van der Waals surface area contributed by atoms with Crippen LogP contribution >= 0.6 is 0 Å². The molecular weight excluding hydrogens is 345 g/mol. The number of rotatable bonds is 6. The van der Waals surface area contributed by atoms with Crippen molar-refractivity contribution in [2.24, 2.45) is 5.73 Å². The fourth-order valence-corrected chi connectivity index (χ4v) is 3.08. The Morgan fingerprint density at radius 3 is 2.73 bits per heavy atom. The average Bonchev–Trinajstić information content (AvgIpc) is 2.96. The van der Waals surface area contributed by atoms with Crippen molar-refractivity contribution >= 4 is 5.91 Å². The molecule has 0 aromatic heterocycles. The van der Waals surface area contributed by atoms with E-state index >= 15 is 0 Å². The molecule has 138 valence electrons. The number of carbonyl (C=O) groups excluding carboxylic acids is 1. The highest BCUT2D eigenvalue weighted by atomic mass is 19.1. The van der Waals surface area contributed by atoms with Gasteiger partial charge in [-0.25, -0.2) is 13.2 Å². The lowest BCUT2D eigenvalue weighted by molar-refractivity contribution is -0.122. The smallest absolute Gasteiger partial charge is 0.234 e. The van der Waals surface area contributed by atoms with E-state index in [0.717, 1.165) is 0 Å². The van der Waals surface area contributed by atoms with Crippen molar-refractivity contribution in [3.63, 3.8) is 0 Å². The van der Waals surface area contributed by atoms with Gasteiger partial charge in [-0.2, -0.15) is 0 Å². The maximum Gasteiger partial charge on any atom is 0.234 e. The third kappa shape index (κ3) is 4.35. The summed E-state index contributed by atoms with van der Waals surface area (Å²) in [5.41, 5.74) is 6.24. The number of nitrogens with two attached hydrogens (primary N) is 1. The van der Waals surface area contributed by atoms with Crippen LogP contribution in [-0.4, -0.2) is 29.6 Å². The van der Waals surface area contributed by atoms with Crippen LogP contribution in [0.2, 0.25) is 0 Å². The first-order valence-corrected chi connectivity index (χ1v) is 8.25. The van der Waals surface area contributed by atoms with E-state index in [9.17, 15) is 18.0 Å². The molecule has 1 aliphatic rings. The fourth-order valence-electron chi connectivity index (χ4n) is 3.08. The SMILES string of the molecule is NC(=O)[C@@H]1C[C@H](F)CN1Cc1ccc(OCc2cccc(F)c2)cc1F. The molecule has 1 saturated heterocycles. The van der Waals surface area contributed by atoms with Crippen molar-refractivity contribution in [1.29, 1.82) is 0 Å². The molecule has 1 aliphatic heterocycles. The molecule has 2 atom stereocenters. The first-order chi connectivity index (χ1) is 12.4. The maximum atomic E-state index is 14.3. The van der Waals surface area contributed by atoms with Crippen LogP contribution < -0.4 is 10.5 Å². The first-order valence-electron chi connectivity index (χ1n) is 8.25. The molecule has 0 unspecified atom stereocenters. The summed E-state index contributed by atoms with van der Waals surface area (Å²) in [5, 5.41) is 0. The minimum atomic E-state index is -1.15. The van der Waals surface area contributed by atoms with Gasteiger partial charge in [0.05, 0.1) is 6.04 Å². The van der Waals surface area contributed by atoms with Crippen LogP contribution in [0.3, 0.4) is 0 Å². The molecule has 1 heterocycles. The molecule has 0 bridgehead atoms. The van der Waals surface area contributed by atoms with Crippen LogP contribution in [0.15, 0.2) is 42.5 Å². The van der Waals surface area contributed by atoms with Crippen molar-refractivity contribution in [3.05, 3.63) is 65.2 Å². The van der Waals surface area contributed by atoms with Gasteiger partial charge < -0.3 is 10.5 Å². The topological polar surface area (TPSA) is 55.6 Å².